The first kappa shape index (κ1) is 38.0. The van der Waals surface area contributed by atoms with Gasteiger partial charge in [0.05, 0.1) is 27.2 Å². The summed E-state index contributed by atoms with van der Waals surface area (Å²) < 4.78 is 0.951. The SMILES string of the molecule is C=C(C)C(=O)O.C=C(C)C(N)=O.C=CC(=O)O.C=CC(N)=O.C=CC[N+](C)(C)CC=C. The van der Waals surface area contributed by atoms with Gasteiger partial charge in [-0.25, -0.2) is 9.59 Å². The molecule has 0 atom stereocenters. The van der Waals surface area contributed by atoms with Gasteiger partial charge in [0, 0.05) is 17.2 Å². The molecular weight excluding hydrogens is 402 g/mol. The highest BCUT2D eigenvalue weighted by molar-refractivity contribution is 5.90. The first-order valence-corrected chi connectivity index (χ1v) is 8.60. The Kier molecular flexibility index (Phi) is 29.8. The number of aliphatic carboxylic acids is 2. The van der Waals surface area contributed by atoms with Gasteiger partial charge in [0.2, 0.25) is 11.8 Å². The lowest BCUT2D eigenvalue weighted by atomic mass is 10.3. The molecule has 0 rings (SSSR count). The number of nitrogens with zero attached hydrogens (tertiary/aromatic N) is 1. The standard InChI is InChI=1S/C8H16N.C4H7NO.C4H6O2.C3H5NO.C3H4O2/c1-5-7-9(3,4)8-6-2;2*1-3(2)4(5)6;2*1-2-3(4)5/h5-6H,1-2,7-8H2,3-4H3;1H2,2H3,(H2,5,6);1H2,2H3,(H,5,6);2H,1H2,(H2,4,5);2H,1H2,(H,4,5)/q+1;;;;. The van der Waals surface area contributed by atoms with Crippen molar-refractivity contribution in [1.82, 2.24) is 0 Å². The van der Waals surface area contributed by atoms with Crippen LogP contribution in [-0.4, -0.2) is 65.6 Å². The molecule has 0 aromatic heterocycles. The number of carbonyl (C=O) groups excluding carboxylic acids is 2. The fraction of sp³-hybridized carbons (Fsp3) is 0.273. The molecule has 2 amide bonds. The van der Waals surface area contributed by atoms with Crippen molar-refractivity contribution in [2.75, 3.05) is 27.2 Å². The molecule has 9 heteroatoms. The second-order valence-electron chi connectivity index (χ2n) is 6.26. The number of amides is 2. The van der Waals surface area contributed by atoms with E-state index in [0.717, 1.165) is 29.7 Å². The Hall–Kier alpha value is -3.72. The maximum absolute atomic E-state index is 9.82. The first-order chi connectivity index (χ1) is 13.9. The second kappa shape index (κ2) is 24.3. The zero-order chi connectivity index (χ0) is 26.2. The van der Waals surface area contributed by atoms with Crippen molar-refractivity contribution >= 4 is 23.8 Å². The highest BCUT2D eigenvalue weighted by Crippen LogP contribution is 1.95. The van der Waals surface area contributed by atoms with Gasteiger partial charge in [-0.15, -0.1) is 0 Å². The van der Waals surface area contributed by atoms with Gasteiger partial charge in [-0.1, -0.05) is 39.5 Å². The van der Waals surface area contributed by atoms with Crippen molar-refractivity contribution in [2.24, 2.45) is 11.5 Å². The number of rotatable bonds is 8. The molecule has 6 N–H and O–H groups in total. The summed E-state index contributed by atoms with van der Waals surface area (Å²) in [6.45, 7) is 24.9. The van der Waals surface area contributed by atoms with E-state index in [4.69, 9.17) is 15.9 Å². The van der Waals surface area contributed by atoms with Gasteiger partial charge in [-0.05, 0) is 32.1 Å². The van der Waals surface area contributed by atoms with Crippen molar-refractivity contribution in [3.05, 3.63) is 74.9 Å². The van der Waals surface area contributed by atoms with Crippen molar-refractivity contribution < 1.29 is 33.9 Å². The van der Waals surface area contributed by atoms with E-state index in [1.807, 2.05) is 12.2 Å². The minimum Gasteiger partial charge on any atom is -0.478 e. The number of carboxylic acids is 2. The Bertz CT molecular complexity index is 572. The van der Waals surface area contributed by atoms with Crippen LogP contribution >= 0.6 is 0 Å². The van der Waals surface area contributed by atoms with Crippen LogP contribution in [0.1, 0.15) is 13.8 Å². The van der Waals surface area contributed by atoms with Crippen LogP contribution in [-0.2, 0) is 19.2 Å². The Labute approximate surface area is 185 Å². The zero-order valence-corrected chi connectivity index (χ0v) is 19.1. The highest BCUT2D eigenvalue weighted by Gasteiger charge is 2.07. The largest absolute Gasteiger partial charge is 0.478 e. The number of primary amides is 2. The van der Waals surface area contributed by atoms with E-state index in [1.54, 1.807) is 6.92 Å². The lowest BCUT2D eigenvalue weighted by Crippen LogP contribution is -2.39. The van der Waals surface area contributed by atoms with Crippen molar-refractivity contribution in [3.63, 3.8) is 0 Å². The second-order valence-corrected chi connectivity index (χ2v) is 6.26. The molecule has 0 saturated carbocycles. The number of carboxylic acid groups (broad SMARTS) is 2. The fourth-order valence-electron chi connectivity index (χ4n) is 0.774. The number of carbonyl (C=O) groups is 4. The summed E-state index contributed by atoms with van der Waals surface area (Å²) in [5.74, 6) is -2.83. The van der Waals surface area contributed by atoms with Gasteiger partial charge in [0.1, 0.15) is 0 Å². The van der Waals surface area contributed by atoms with Crippen LogP contribution in [0.2, 0.25) is 0 Å². The Balaban J connectivity index is -0.0000000928. The summed E-state index contributed by atoms with van der Waals surface area (Å²) >= 11 is 0. The van der Waals surface area contributed by atoms with Crippen LogP contribution in [0.15, 0.2) is 74.9 Å². The molecule has 0 heterocycles. The number of hydrogen-bond acceptors (Lipinski definition) is 4. The molecule has 176 valence electrons. The van der Waals surface area contributed by atoms with Gasteiger partial charge in [0.25, 0.3) is 0 Å². The summed E-state index contributed by atoms with van der Waals surface area (Å²) in [5.41, 5.74) is 9.81. The summed E-state index contributed by atoms with van der Waals surface area (Å²) in [6.07, 6.45) is 5.76. The van der Waals surface area contributed by atoms with Crippen LogP contribution in [0.25, 0.3) is 0 Å². The molecular formula is C22H38N3O6+. The Morgan fingerprint density at radius 1 is 0.806 bits per heavy atom. The molecule has 0 saturated heterocycles. The minimum absolute atomic E-state index is 0.176. The predicted molar refractivity (Wildman–Crippen MR) is 126 cm³/mol. The van der Waals surface area contributed by atoms with Crippen LogP contribution in [0.4, 0.5) is 0 Å². The highest BCUT2D eigenvalue weighted by atomic mass is 16.4. The number of hydrogen-bond donors (Lipinski definition) is 4. The summed E-state index contributed by atoms with van der Waals surface area (Å²) in [7, 11) is 4.31. The topological polar surface area (TPSA) is 161 Å². The summed E-state index contributed by atoms with van der Waals surface area (Å²) in [4.78, 5) is 38.1. The van der Waals surface area contributed by atoms with Crippen molar-refractivity contribution in [2.45, 2.75) is 13.8 Å². The lowest BCUT2D eigenvalue weighted by Gasteiger charge is -2.26. The van der Waals surface area contributed by atoms with E-state index in [0.29, 0.717) is 5.57 Å². The maximum atomic E-state index is 9.82. The van der Waals surface area contributed by atoms with Gasteiger partial charge < -0.3 is 26.2 Å². The van der Waals surface area contributed by atoms with Crippen molar-refractivity contribution in [1.29, 1.82) is 0 Å². The monoisotopic (exact) mass is 440 g/mol. The maximum Gasteiger partial charge on any atom is 0.330 e. The fourth-order valence-corrected chi connectivity index (χ4v) is 0.774. The molecule has 0 fully saturated rings. The van der Waals surface area contributed by atoms with Crippen LogP contribution < -0.4 is 11.5 Å². The molecule has 31 heavy (non-hydrogen) atoms. The molecule has 9 nitrogen and oxygen atoms in total. The minimum atomic E-state index is -0.981. The third kappa shape index (κ3) is 58.5. The third-order valence-electron chi connectivity index (χ3n) is 2.41. The van der Waals surface area contributed by atoms with E-state index >= 15 is 0 Å². The van der Waals surface area contributed by atoms with E-state index < -0.39 is 23.8 Å². The van der Waals surface area contributed by atoms with Gasteiger partial charge in [-0.2, -0.15) is 0 Å². The van der Waals surface area contributed by atoms with E-state index in [2.05, 4.69) is 59.3 Å². The Morgan fingerprint density at radius 2 is 1.03 bits per heavy atom. The molecule has 0 aromatic rings. The summed E-state index contributed by atoms with van der Waals surface area (Å²) in [5, 5.41) is 15.5. The molecule has 0 spiro atoms. The number of quaternary nitrogens is 1. The summed E-state index contributed by atoms with van der Waals surface area (Å²) in [6, 6.07) is 0. The van der Waals surface area contributed by atoms with Crippen molar-refractivity contribution in [3.8, 4) is 0 Å². The molecule has 0 aliphatic heterocycles. The number of likely N-dealkylation sites (N-methyl/N-ethyl adjacent to an activating group) is 1. The van der Waals surface area contributed by atoms with E-state index in [1.165, 1.54) is 6.92 Å². The first-order valence-electron chi connectivity index (χ1n) is 8.60. The third-order valence-corrected chi connectivity index (χ3v) is 2.41. The predicted octanol–water partition coefficient (Wildman–Crippen LogP) is 2.04. The lowest BCUT2D eigenvalue weighted by molar-refractivity contribution is -0.878. The molecule has 0 aliphatic carbocycles. The average Bonchev–Trinajstić information content (AvgIpc) is 2.63. The zero-order valence-electron chi connectivity index (χ0n) is 19.1. The van der Waals surface area contributed by atoms with Gasteiger partial charge >= 0.3 is 11.9 Å². The molecule has 0 aromatic carbocycles. The molecule has 0 radical (unpaired) electrons. The normalized spacial score (nSPS) is 8.13. The van der Waals surface area contributed by atoms with E-state index in [-0.39, 0.29) is 5.57 Å². The van der Waals surface area contributed by atoms with Crippen LogP contribution in [0.3, 0.4) is 0 Å². The Morgan fingerprint density at radius 3 is 1.10 bits per heavy atom. The molecule has 0 unspecified atom stereocenters. The number of nitrogens with two attached hydrogens (primary N) is 2. The molecule has 0 aliphatic rings. The van der Waals surface area contributed by atoms with E-state index in [9.17, 15) is 19.2 Å². The molecule has 0 bridgehead atoms. The van der Waals surface area contributed by atoms with Gasteiger partial charge in [0.15, 0.2) is 0 Å². The smallest absolute Gasteiger partial charge is 0.330 e. The quantitative estimate of drug-likeness (QED) is 0.256. The van der Waals surface area contributed by atoms with Crippen LogP contribution in [0.5, 0.6) is 0 Å². The van der Waals surface area contributed by atoms with Gasteiger partial charge in [-0.3, -0.25) is 9.59 Å². The average molecular weight is 441 g/mol. The van der Waals surface area contributed by atoms with Crippen LogP contribution in [0, 0.1) is 0 Å².